The van der Waals surface area contributed by atoms with Crippen molar-refractivity contribution in [3.8, 4) is 0 Å². The number of rotatable bonds is 11. The number of nitrogens with zero attached hydrogens (tertiary/aromatic N) is 9. The van der Waals surface area contributed by atoms with Crippen LogP contribution in [-0.2, 0) is 9.59 Å². The van der Waals surface area contributed by atoms with Gasteiger partial charge in [0.25, 0.3) is 5.91 Å². The van der Waals surface area contributed by atoms with Crippen LogP contribution < -0.4 is 36.4 Å². The van der Waals surface area contributed by atoms with Crippen LogP contribution in [0.1, 0.15) is 42.6 Å². The molecule has 0 saturated carbocycles. The molecule has 0 radical (unpaired) electrons. The maximum Gasteiger partial charge on any atom is 0.320 e. The summed E-state index contributed by atoms with van der Waals surface area (Å²) in [4.78, 5) is 65.2. The van der Waals surface area contributed by atoms with Crippen molar-refractivity contribution in [2.24, 2.45) is 11.7 Å². The zero-order chi connectivity index (χ0) is 40.5. The molecule has 5 fully saturated rings. The van der Waals surface area contributed by atoms with Gasteiger partial charge in [-0.15, -0.1) is 10.2 Å². The zero-order valence-corrected chi connectivity index (χ0v) is 32.5. The van der Waals surface area contributed by atoms with Gasteiger partial charge in [-0.3, -0.25) is 24.6 Å². The van der Waals surface area contributed by atoms with Crippen molar-refractivity contribution in [1.29, 1.82) is 0 Å². The van der Waals surface area contributed by atoms with Crippen LogP contribution in [0, 0.1) is 17.6 Å². The second-order valence-electron chi connectivity index (χ2n) is 15.8. The van der Waals surface area contributed by atoms with Crippen LogP contribution in [0.3, 0.4) is 0 Å². The van der Waals surface area contributed by atoms with E-state index in [0.717, 1.165) is 57.7 Å². The zero-order valence-electron chi connectivity index (χ0n) is 32.5. The van der Waals surface area contributed by atoms with Gasteiger partial charge in [-0.25, -0.2) is 13.6 Å². The van der Waals surface area contributed by atoms with E-state index in [1.807, 2.05) is 20.8 Å². The summed E-state index contributed by atoms with van der Waals surface area (Å²) in [5.74, 6) is -1.68. The van der Waals surface area contributed by atoms with Gasteiger partial charge in [-0.2, -0.15) is 4.98 Å². The molecule has 17 nitrogen and oxygen atoms in total. The normalized spacial score (nSPS) is 23.1. The Morgan fingerprint density at radius 1 is 0.879 bits per heavy atom. The van der Waals surface area contributed by atoms with E-state index in [1.54, 1.807) is 30.1 Å². The molecule has 5 aliphatic heterocycles. The van der Waals surface area contributed by atoms with Crippen molar-refractivity contribution < 1.29 is 28.0 Å². The van der Waals surface area contributed by atoms with Gasteiger partial charge in [0.1, 0.15) is 17.7 Å². The number of benzene rings is 2. The van der Waals surface area contributed by atoms with Gasteiger partial charge in [-0.05, 0) is 68.0 Å². The largest absolute Gasteiger partial charge is 0.371 e. The summed E-state index contributed by atoms with van der Waals surface area (Å²) in [6.45, 7) is 7.84. The summed E-state index contributed by atoms with van der Waals surface area (Å²) in [5, 5.41) is 16.5. The van der Waals surface area contributed by atoms with Crippen LogP contribution in [0.4, 0.5) is 48.1 Å². The SMILES string of the molecule is CN1CCN(C2CCCN(c3nnc(C(N)=O)c(Nc4ccc(N5CCN(CC6CCN(c7ccc(NC8CCC(=O)NC8=O)c(F)c7)C6)CC5)c(F)c4)n3)C2)C1=O. The maximum absolute atomic E-state index is 15.7. The van der Waals surface area contributed by atoms with E-state index in [4.69, 9.17) is 5.73 Å². The Morgan fingerprint density at radius 3 is 2.43 bits per heavy atom. The smallest absolute Gasteiger partial charge is 0.320 e. The van der Waals surface area contributed by atoms with E-state index >= 15 is 8.78 Å². The first-order chi connectivity index (χ1) is 28.0. The first-order valence-electron chi connectivity index (χ1n) is 20.0. The Hall–Kier alpha value is -5.85. The van der Waals surface area contributed by atoms with Crippen molar-refractivity contribution in [3.05, 3.63) is 53.7 Å². The minimum Gasteiger partial charge on any atom is -0.371 e. The summed E-state index contributed by atoms with van der Waals surface area (Å²) < 4.78 is 30.8. The number of aromatic nitrogens is 3. The molecule has 2 aromatic carbocycles. The number of hydrogen-bond acceptors (Lipinski definition) is 13. The number of urea groups is 1. The summed E-state index contributed by atoms with van der Waals surface area (Å²) in [5.41, 5.74) is 7.33. The fraction of sp³-hybridized carbons (Fsp3) is 0.513. The van der Waals surface area contributed by atoms with Crippen LogP contribution in [0.25, 0.3) is 0 Å². The highest BCUT2D eigenvalue weighted by Crippen LogP contribution is 2.31. The molecule has 6 heterocycles. The Labute approximate surface area is 334 Å². The third-order valence-corrected chi connectivity index (χ3v) is 11.9. The van der Waals surface area contributed by atoms with E-state index < -0.39 is 29.5 Å². The number of likely N-dealkylation sites (N-methyl/N-ethyl adjacent to an activating group) is 1. The summed E-state index contributed by atoms with van der Waals surface area (Å²) >= 11 is 0. The molecule has 5 amide bonds. The number of primary amides is 1. The first-order valence-corrected chi connectivity index (χ1v) is 20.0. The third kappa shape index (κ3) is 8.39. The number of halogens is 2. The maximum atomic E-state index is 15.7. The summed E-state index contributed by atoms with van der Waals surface area (Å²) in [7, 11) is 1.79. The number of imide groups is 1. The number of piperidine rings is 2. The second-order valence-corrected chi connectivity index (χ2v) is 15.8. The number of carbonyl (C=O) groups excluding carboxylic acids is 4. The molecule has 3 atom stereocenters. The highest BCUT2D eigenvalue weighted by molar-refractivity contribution is 6.01. The van der Waals surface area contributed by atoms with E-state index in [-0.39, 0.29) is 41.6 Å². The molecule has 8 rings (SSSR count). The number of carbonyl (C=O) groups is 4. The van der Waals surface area contributed by atoms with Crippen molar-refractivity contribution in [3.63, 3.8) is 0 Å². The van der Waals surface area contributed by atoms with E-state index in [9.17, 15) is 19.2 Å². The van der Waals surface area contributed by atoms with Gasteiger partial charge in [0.15, 0.2) is 11.5 Å². The number of amides is 5. The Kier molecular flexibility index (Phi) is 11.1. The lowest BCUT2D eigenvalue weighted by molar-refractivity contribution is -0.133. The summed E-state index contributed by atoms with van der Waals surface area (Å²) in [6.07, 6.45) is 3.20. The Balaban J connectivity index is 0.836. The molecular formula is C39H49F2N13O4. The fourth-order valence-corrected chi connectivity index (χ4v) is 8.67. The lowest BCUT2D eigenvalue weighted by atomic mass is 10.0. The predicted molar refractivity (Wildman–Crippen MR) is 213 cm³/mol. The highest BCUT2D eigenvalue weighted by Gasteiger charge is 2.35. The minimum atomic E-state index is -0.819. The number of anilines is 6. The molecule has 0 spiro atoms. The number of nitrogens with two attached hydrogens (primary N) is 1. The van der Waals surface area contributed by atoms with E-state index in [2.05, 4.69) is 40.9 Å². The second kappa shape index (κ2) is 16.6. The van der Waals surface area contributed by atoms with Gasteiger partial charge in [0.2, 0.25) is 17.8 Å². The van der Waals surface area contributed by atoms with Crippen LogP contribution in [0.15, 0.2) is 36.4 Å². The van der Waals surface area contributed by atoms with Gasteiger partial charge < -0.3 is 40.9 Å². The average molecular weight is 802 g/mol. The molecule has 3 aromatic rings. The molecule has 1 aromatic heterocycles. The molecule has 5 aliphatic rings. The standard InChI is InChI=1S/C39H49F2N13O4/c1-49-13-18-54(39(49)58)27-3-2-11-53(23-27)38-46-36(34(35(42)56)47-48-38)43-25-4-8-32(29(41)19-25)51-16-14-50(15-17-51)21-24-10-12-52(22-24)26-5-6-30(28(40)20-26)44-31-7-9-33(55)45-37(31)57/h4-6,8,19-20,24,27,31,44H,2-3,7,9-18,21-23H2,1H3,(H2,42,56)(H,43,46,48)(H,45,55,57). The Bertz CT molecular complexity index is 2070. The summed E-state index contributed by atoms with van der Waals surface area (Å²) in [6, 6.07) is 9.17. The van der Waals surface area contributed by atoms with Crippen molar-refractivity contribution in [2.75, 3.05) is 104 Å². The van der Waals surface area contributed by atoms with Crippen molar-refractivity contribution >= 4 is 58.3 Å². The molecule has 0 aliphatic carbocycles. The molecule has 58 heavy (non-hydrogen) atoms. The van der Waals surface area contributed by atoms with Crippen molar-refractivity contribution in [1.82, 2.24) is 35.2 Å². The van der Waals surface area contributed by atoms with Crippen LogP contribution in [0.5, 0.6) is 0 Å². The third-order valence-electron chi connectivity index (χ3n) is 11.9. The Morgan fingerprint density at radius 2 is 1.71 bits per heavy atom. The fourth-order valence-electron chi connectivity index (χ4n) is 8.67. The highest BCUT2D eigenvalue weighted by atomic mass is 19.1. The van der Waals surface area contributed by atoms with Crippen LogP contribution >= 0.6 is 0 Å². The molecule has 3 unspecified atom stereocenters. The molecule has 19 heteroatoms. The van der Waals surface area contributed by atoms with Gasteiger partial charge in [0.05, 0.1) is 17.4 Å². The van der Waals surface area contributed by atoms with Gasteiger partial charge >= 0.3 is 6.03 Å². The van der Waals surface area contributed by atoms with Crippen molar-refractivity contribution in [2.45, 2.75) is 44.2 Å². The van der Waals surface area contributed by atoms with Crippen LogP contribution in [-0.4, -0.2) is 145 Å². The number of piperazine rings is 1. The quantitative estimate of drug-likeness (QED) is 0.207. The average Bonchev–Trinajstić information content (AvgIpc) is 3.82. The van der Waals surface area contributed by atoms with Gasteiger partial charge in [0, 0.05) is 96.8 Å². The molecular weight excluding hydrogens is 753 g/mol. The first kappa shape index (κ1) is 39.0. The van der Waals surface area contributed by atoms with Crippen LogP contribution in [0.2, 0.25) is 0 Å². The topological polar surface area (TPSA) is 188 Å². The minimum absolute atomic E-state index is 0.0000319. The van der Waals surface area contributed by atoms with E-state index in [0.29, 0.717) is 68.9 Å². The lowest BCUT2D eigenvalue weighted by Crippen LogP contribution is -2.49. The number of nitrogens with one attached hydrogen (secondary N) is 3. The van der Waals surface area contributed by atoms with Gasteiger partial charge in [-0.1, -0.05) is 0 Å². The number of hydrogen-bond donors (Lipinski definition) is 4. The molecule has 5 N–H and O–H groups in total. The molecule has 308 valence electrons. The van der Waals surface area contributed by atoms with E-state index in [1.165, 1.54) is 12.1 Å². The predicted octanol–water partition coefficient (Wildman–Crippen LogP) is 2.19. The molecule has 5 saturated heterocycles. The lowest BCUT2D eigenvalue weighted by Gasteiger charge is -2.37. The molecule has 0 bridgehead atoms. The monoisotopic (exact) mass is 801 g/mol.